The van der Waals surface area contributed by atoms with E-state index in [1.165, 1.54) is 0 Å². The lowest BCUT2D eigenvalue weighted by molar-refractivity contribution is -0.151. The third-order valence-corrected chi connectivity index (χ3v) is 6.51. The van der Waals surface area contributed by atoms with E-state index in [0.29, 0.717) is 19.4 Å². The zero-order valence-electron chi connectivity index (χ0n) is 16.9. The predicted octanol–water partition coefficient (Wildman–Crippen LogP) is 1.73. The highest BCUT2D eigenvalue weighted by Crippen LogP contribution is 2.39. The number of imide groups is 1. The van der Waals surface area contributed by atoms with Gasteiger partial charge in [-0.15, -0.1) is 11.3 Å². The second-order valence-corrected chi connectivity index (χ2v) is 8.61. The van der Waals surface area contributed by atoms with Crippen molar-refractivity contribution >= 4 is 35.2 Å². The normalized spacial score (nSPS) is 19.8. The van der Waals surface area contributed by atoms with Crippen LogP contribution in [0.15, 0.2) is 41.8 Å². The van der Waals surface area contributed by atoms with Gasteiger partial charge in [0.2, 0.25) is 0 Å². The number of urea groups is 1. The first-order chi connectivity index (χ1) is 15.0. The number of benzene rings is 1. The van der Waals surface area contributed by atoms with Crippen molar-refractivity contribution in [3.05, 3.63) is 57.8 Å². The topological polar surface area (TPSA) is 105 Å². The van der Waals surface area contributed by atoms with Crippen molar-refractivity contribution in [2.24, 2.45) is 0 Å². The van der Waals surface area contributed by atoms with Gasteiger partial charge in [-0.25, -0.2) is 4.79 Å². The Kier molecular flexibility index (Phi) is 6.03. The summed E-state index contributed by atoms with van der Waals surface area (Å²) in [4.78, 5) is 51.7. The molecule has 1 aliphatic heterocycles. The summed E-state index contributed by atoms with van der Waals surface area (Å²) in [5.41, 5.74) is 0.664. The monoisotopic (exact) mass is 441 g/mol. The number of thiophene rings is 1. The maximum atomic E-state index is 13.1. The molecule has 1 aromatic heterocycles. The summed E-state index contributed by atoms with van der Waals surface area (Å²) in [5.74, 6) is -1.69. The molecule has 1 atom stereocenters. The molecule has 0 bridgehead atoms. The minimum atomic E-state index is -1.13. The molecule has 1 fully saturated rings. The summed E-state index contributed by atoms with van der Waals surface area (Å²) in [6.45, 7) is -0.552. The molecule has 1 unspecified atom stereocenters. The minimum absolute atomic E-state index is 0.431. The third-order valence-electron chi connectivity index (χ3n) is 5.58. The average Bonchev–Trinajstić information content (AvgIpc) is 3.36. The van der Waals surface area contributed by atoms with E-state index in [1.54, 1.807) is 11.3 Å². The summed E-state index contributed by atoms with van der Waals surface area (Å²) >= 11 is 1.60. The van der Waals surface area contributed by atoms with E-state index >= 15 is 0 Å². The molecule has 2 heterocycles. The molecule has 1 aliphatic carbocycles. The molecular weight excluding hydrogens is 418 g/mol. The van der Waals surface area contributed by atoms with Crippen molar-refractivity contribution in [1.29, 1.82) is 0 Å². The van der Waals surface area contributed by atoms with Crippen LogP contribution in [-0.4, -0.2) is 48.4 Å². The minimum Gasteiger partial charge on any atom is -0.454 e. The zero-order chi connectivity index (χ0) is 21.8. The Morgan fingerprint density at radius 2 is 2.03 bits per heavy atom. The van der Waals surface area contributed by atoms with Crippen molar-refractivity contribution in [3.63, 3.8) is 0 Å². The first-order valence-corrected chi connectivity index (χ1v) is 11.0. The van der Waals surface area contributed by atoms with Gasteiger partial charge in [-0.1, -0.05) is 30.3 Å². The first kappa shape index (κ1) is 21.0. The smallest absolute Gasteiger partial charge is 0.326 e. The highest BCUT2D eigenvalue weighted by Gasteiger charge is 2.54. The van der Waals surface area contributed by atoms with Gasteiger partial charge in [-0.3, -0.25) is 19.3 Å². The van der Waals surface area contributed by atoms with Crippen LogP contribution in [-0.2, 0) is 37.5 Å². The number of fused-ring (bicyclic) bond motifs is 2. The number of ether oxygens (including phenoxy) is 1. The van der Waals surface area contributed by atoms with Crippen molar-refractivity contribution < 1.29 is 23.9 Å². The molecule has 1 aromatic carbocycles. The average molecular weight is 442 g/mol. The Bertz CT molecular complexity index is 1010. The maximum Gasteiger partial charge on any atom is 0.326 e. The summed E-state index contributed by atoms with van der Waals surface area (Å²) < 4.78 is 4.97. The first-order valence-electron chi connectivity index (χ1n) is 10.2. The highest BCUT2D eigenvalue weighted by atomic mass is 32.1. The maximum absolute atomic E-state index is 13.1. The number of nitrogens with zero attached hydrogens (tertiary/aromatic N) is 1. The number of nitrogens with one attached hydrogen (secondary N) is 2. The van der Waals surface area contributed by atoms with Crippen LogP contribution in [0.2, 0.25) is 0 Å². The van der Waals surface area contributed by atoms with E-state index in [2.05, 4.69) is 10.6 Å². The standard InChI is InChI=1S/C22H23N3O5S/c26-18(23-11-9-16-7-4-12-31-16)14-30-19(27)13-25-20(28)22(24-21(25)29)10-3-6-15-5-1-2-8-17(15)22/h1-2,4-5,7-8,12H,3,6,9-11,13-14H2,(H,23,26)(H,24,29). The second kappa shape index (κ2) is 8.89. The van der Waals surface area contributed by atoms with Gasteiger partial charge in [0.05, 0.1) is 0 Å². The molecule has 2 aliphatic rings. The van der Waals surface area contributed by atoms with E-state index in [9.17, 15) is 19.2 Å². The van der Waals surface area contributed by atoms with Gasteiger partial charge in [-0.2, -0.15) is 0 Å². The van der Waals surface area contributed by atoms with Crippen molar-refractivity contribution in [2.75, 3.05) is 19.7 Å². The Hall–Kier alpha value is -3.20. The number of hydrogen-bond donors (Lipinski definition) is 2. The van der Waals surface area contributed by atoms with Crippen LogP contribution >= 0.6 is 11.3 Å². The number of aryl methyl sites for hydroxylation is 1. The fraction of sp³-hybridized carbons (Fsp3) is 0.364. The Morgan fingerprint density at radius 3 is 2.84 bits per heavy atom. The van der Waals surface area contributed by atoms with Crippen molar-refractivity contribution in [2.45, 2.75) is 31.2 Å². The number of esters is 1. The van der Waals surface area contributed by atoms with E-state index in [1.807, 2.05) is 41.8 Å². The number of hydrogen-bond acceptors (Lipinski definition) is 6. The van der Waals surface area contributed by atoms with Crippen LogP contribution < -0.4 is 10.6 Å². The van der Waals surface area contributed by atoms with Gasteiger partial charge in [0.25, 0.3) is 11.8 Å². The Balaban J connectivity index is 1.30. The fourth-order valence-corrected chi connectivity index (χ4v) is 4.82. The van der Waals surface area contributed by atoms with E-state index in [4.69, 9.17) is 4.74 Å². The van der Waals surface area contributed by atoms with Crippen molar-refractivity contribution in [3.8, 4) is 0 Å². The van der Waals surface area contributed by atoms with E-state index in [0.717, 1.165) is 33.7 Å². The molecule has 9 heteroatoms. The van der Waals surface area contributed by atoms with Crippen molar-refractivity contribution in [1.82, 2.24) is 15.5 Å². The lowest BCUT2D eigenvalue weighted by Crippen LogP contribution is -2.46. The fourth-order valence-electron chi connectivity index (χ4n) is 4.11. The molecule has 1 saturated heterocycles. The molecule has 31 heavy (non-hydrogen) atoms. The highest BCUT2D eigenvalue weighted by molar-refractivity contribution is 7.09. The van der Waals surface area contributed by atoms with Gasteiger partial charge in [-0.05, 0) is 48.3 Å². The lowest BCUT2D eigenvalue weighted by Gasteiger charge is -2.33. The summed E-state index contributed by atoms with van der Waals surface area (Å²) in [7, 11) is 0. The van der Waals surface area contributed by atoms with Gasteiger partial charge >= 0.3 is 12.0 Å². The number of carbonyl (C=O) groups excluding carboxylic acids is 4. The summed E-state index contributed by atoms with van der Waals surface area (Å²) in [6, 6.07) is 10.8. The number of carbonyl (C=O) groups is 4. The molecule has 0 saturated carbocycles. The molecule has 2 aromatic rings. The molecule has 4 amide bonds. The largest absolute Gasteiger partial charge is 0.454 e. The van der Waals surface area contributed by atoms with E-state index < -0.39 is 42.5 Å². The van der Waals surface area contributed by atoms with Crippen LogP contribution in [0.4, 0.5) is 4.79 Å². The quantitative estimate of drug-likeness (QED) is 0.503. The molecule has 1 spiro atoms. The Labute approximate surface area is 183 Å². The van der Waals surface area contributed by atoms with Crippen LogP contribution in [0.25, 0.3) is 0 Å². The molecule has 4 rings (SSSR count). The van der Waals surface area contributed by atoms with Crippen LogP contribution in [0.3, 0.4) is 0 Å². The lowest BCUT2D eigenvalue weighted by atomic mass is 9.76. The van der Waals surface area contributed by atoms with Gasteiger partial charge in [0.15, 0.2) is 6.61 Å². The molecular formula is C22H23N3O5S. The number of rotatable bonds is 7. The summed E-state index contributed by atoms with van der Waals surface area (Å²) in [6.07, 6.45) is 2.77. The molecule has 2 N–H and O–H groups in total. The predicted molar refractivity (Wildman–Crippen MR) is 113 cm³/mol. The number of amides is 4. The SMILES string of the molecule is O=C(COC(=O)CN1C(=O)NC2(CCCc3ccccc32)C1=O)NCCc1cccs1. The van der Waals surface area contributed by atoms with Gasteiger partial charge in [0, 0.05) is 11.4 Å². The van der Waals surface area contributed by atoms with Crippen LogP contribution in [0.5, 0.6) is 0 Å². The van der Waals surface area contributed by atoms with Gasteiger partial charge < -0.3 is 15.4 Å². The molecule has 0 radical (unpaired) electrons. The second-order valence-electron chi connectivity index (χ2n) is 7.58. The Morgan fingerprint density at radius 1 is 1.19 bits per heavy atom. The third kappa shape index (κ3) is 4.32. The zero-order valence-corrected chi connectivity index (χ0v) is 17.7. The molecule has 8 nitrogen and oxygen atoms in total. The van der Waals surface area contributed by atoms with Crippen LogP contribution in [0.1, 0.15) is 28.8 Å². The van der Waals surface area contributed by atoms with Crippen LogP contribution in [0, 0.1) is 0 Å². The molecule has 162 valence electrons. The summed E-state index contributed by atoms with van der Waals surface area (Å²) in [5, 5.41) is 7.43. The van der Waals surface area contributed by atoms with Gasteiger partial charge in [0.1, 0.15) is 12.1 Å². The van der Waals surface area contributed by atoms with E-state index in [-0.39, 0.29) is 0 Å².